The smallest absolute Gasteiger partial charge is 0.181 e. The lowest BCUT2D eigenvalue weighted by Gasteiger charge is -2.40. The summed E-state index contributed by atoms with van der Waals surface area (Å²) in [5.41, 5.74) is 0. The summed E-state index contributed by atoms with van der Waals surface area (Å²) in [5, 5.41) is 14.4. The lowest BCUT2D eigenvalue weighted by Crippen LogP contribution is -2.58. The van der Waals surface area contributed by atoms with Crippen molar-refractivity contribution in [1.29, 1.82) is 0 Å². The number of nitrogens with one attached hydrogen (secondary N) is 1. The van der Waals surface area contributed by atoms with Gasteiger partial charge in [0.15, 0.2) is 6.29 Å². The molecule has 2 saturated heterocycles. The maximum Gasteiger partial charge on any atom is 0.181 e. The van der Waals surface area contributed by atoms with Gasteiger partial charge in [-0.25, -0.2) is 4.98 Å². The molecule has 1 aliphatic carbocycles. The number of rotatable bonds is 4. The largest absolute Gasteiger partial charge is 0.389 e. The van der Waals surface area contributed by atoms with Gasteiger partial charge in [0.2, 0.25) is 0 Å². The molecule has 22 heavy (non-hydrogen) atoms. The molecule has 2 bridgehead atoms. The summed E-state index contributed by atoms with van der Waals surface area (Å²) in [6.07, 6.45) is 11.0. The Balaban J connectivity index is 1.44. The Kier molecular flexibility index (Phi) is 4.17. The number of imidazole rings is 1. The highest BCUT2D eigenvalue weighted by molar-refractivity contribution is 5.01. The minimum absolute atomic E-state index is 0.0524. The van der Waals surface area contributed by atoms with Gasteiger partial charge in [-0.1, -0.05) is 19.3 Å². The van der Waals surface area contributed by atoms with Gasteiger partial charge in [-0.15, -0.1) is 0 Å². The van der Waals surface area contributed by atoms with E-state index in [9.17, 15) is 5.11 Å². The number of hydrogen-bond donors (Lipinski definition) is 2. The lowest BCUT2D eigenvalue weighted by molar-refractivity contribution is -0.165. The average Bonchev–Trinajstić information content (AvgIpc) is 3.20. The fraction of sp³-hybridized carbons (Fsp3) is 0.812. The van der Waals surface area contributed by atoms with Crippen molar-refractivity contribution in [3.63, 3.8) is 0 Å². The third kappa shape index (κ3) is 2.69. The van der Waals surface area contributed by atoms with Crippen molar-refractivity contribution < 1.29 is 14.6 Å². The zero-order chi connectivity index (χ0) is 14.9. The van der Waals surface area contributed by atoms with Crippen molar-refractivity contribution in [2.75, 3.05) is 13.2 Å². The van der Waals surface area contributed by atoms with E-state index in [1.165, 1.54) is 32.1 Å². The molecular formula is C16H25N3O3. The molecule has 0 radical (unpaired) electrons. The van der Waals surface area contributed by atoms with Gasteiger partial charge in [0.25, 0.3) is 0 Å². The zero-order valence-electron chi connectivity index (χ0n) is 12.8. The second kappa shape index (κ2) is 6.28. The van der Waals surface area contributed by atoms with Crippen molar-refractivity contribution in [2.45, 2.75) is 62.7 Å². The predicted octanol–water partition coefficient (Wildman–Crippen LogP) is 1.08. The van der Waals surface area contributed by atoms with Gasteiger partial charge in [0, 0.05) is 12.4 Å². The summed E-state index contributed by atoms with van der Waals surface area (Å²) in [6.45, 7) is 1.51. The molecule has 2 aliphatic heterocycles. The lowest BCUT2D eigenvalue weighted by atomic mass is 9.88. The molecule has 6 heteroatoms. The molecule has 0 amide bonds. The molecule has 1 aromatic rings. The second-order valence-electron chi connectivity index (χ2n) is 6.81. The topological polar surface area (TPSA) is 68.5 Å². The Bertz CT molecular complexity index is 475. The number of aromatic nitrogens is 2. The van der Waals surface area contributed by atoms with E-state index in [1.54, 1.807) is 12.5 Å². The van der Waals surface area contributed by atoms with Crippen molar-refractivity contribution in [2.24, 2.45) is 5.92 Å². The number of fused-ring (bicyclic) bond motifs is 2. The van der Waals surface area contributed by atoms with Crippen molar-refractivity contribution in [1.82, 2.24) is 14.9 Å². The van der Waals surface area contributed by atoms with E-state index < -0.39 is 6.10 Å². The minimum atomic E-state index is -0.524. The second-order valence-corrected chi connectivity index (χ2v) is 6.81. The van der Waals surface area contributed by atoms with E-state index in [2.05, 4.69) is 10.3 Å². The SMILES string of the molecule is OC1C(NCC2CCCCC2)C2COC(O2)C1n1ccnc1. The summed E-state index contributed by atoms with van der Waals surface area (Å²) in [4.78, 5) is 4.08. The number of ether oxygens (including phenoxy) is 2. The highest BCUT2D eigenvalue weighted by Gasteiger charge is 2.50. The monoisotopic (exact) mass is 307 g/mol. The van der Waals surface area contributed by atoms with Crippen LogP contribution in [-0.2, 0) is 9.47 Å². The third-order valence-electron chi connectivity index (χ3n) is 5.37. The molecular weight excluding hydrogens is 282 g/mol. The summed E-state index contributed by atoms with van der Waals surface area (Å²) >= 11 is 0. The van der Waals surface area contributed by atoms with Gasteiger partial charge in [-0.2, -0.15) is 0 Å². The van der Waals surface area contributed by atoms with Crippen molar-refractivity contribution >= 4 is 0 Å². The minimum Gasteiger partial charge on any atom is -0.389 e. The summed E-state index contributed by atoms with van der Waals surface area (Å²) in [6, 6.07) is -0.307. The molecule has 2 N–H and O–H groups in total. The predicted molar refractivity (Wildman–Crippen MR) is 80.2 cm³/mol. The van der Waals surface area contributed by atoms with Gasteiger partial charge >= 0.3 is 0 Å². The summed E-state index contributed by atoms with van der Waals surface area (Å²) in [5.74, 6) is 0.729. The van der Waals surface area contributed by atoms with E-state index in [-0.39, 0.29) is 24.5 Å². The first-order valence-electron chi connectivity index (χ1n) is 8.49. The fourth-order valence-electron chi connectivity index (χ4n) is 4.11. The van der Waals surface area contributed by atoms with Crippen LogP contribution in [-0.4, -0.2) is 52.3 Å². The van der Waals surface area contributed by atoms with Gasteiger partial charge in [0.05, 0.1) is 25.1 Å². The molecule has 0 spiro atoms. The van der Waals surface area contributed by atoms with Crippen LogP contribution in [0, 0.1) is 5.92 Å². The van der Waals surface area contributed by atoms with Gasteiger partial charge < -0.3 is 24.5 Å². The Labute approximate surface area is 130 Å². The van der Waals surface area contributed by atoms with Crippen molar-refractivity contribution in [3.8, 4) is 0 Å². The number of aliphatic hydroxyl groups excluding tert-OH is 1. The Morgan fingerprint density at radius 1 is 1.27 bits per heavy atom. The number of nitrogens with zero attached hydrogens (tertiary/aromatic N) is 2. The summed E-state index contributed by atoms with van der Waals surface area (Å²) < 4.78 is 13.6. The Morgan fingerprint density at radius 2 is 2.14 bits per heavy atom. The molecule has 0 aromatic carbocycles. The van der Waals surface area contributed by atoms with E-state index in [4.69, 9.17) is 9.47 Å². The molecule has 4 rings (SSSR count). The van der Waals surface area contributed by atoms with Crippen LogP contribution in [0.4, 0.5) is 0 Å². The van der Waals surface area contributed by atoms with Gasteiger partial charge in [0.1, 0.15) is 12.1 Å². The van der Waals surface area contributed by atoms with Crippen LogP contribution < -0.4 is 5.32 Å². The maximum atomic E-state index is 10.8. The summed E-state index contributed by atoms with van der Waals surface area (Å²) in [7, 11) is 0. The van der Waals surface area contributed by atoms with E-state index in [0.29, 0.717) is 6.61 Å². The Hall–Kier alpha value is -0.950. The van der Waals surface area contributed by atoms with Crippen LogP contribution in [0.2, 0.25) is 0 Å². The zero-order valence-corrected chi connectivity index (χ0v) is 12.8. The molecule has 6 nitrogen and oxygen atoms in total. The van der Waals surface area contributed by atoms with Crippen LogP contribution in [0.15, 0.2) is 18.7 Å². The van der Waals surface area contributed by atoms with Crippen LogP contribution in [0.25, 0.3) is 0 Å². The van der Waals surface area contributed by atoms with Crippen LogP contribution >= 0.6 is 0 Å². The molecule has 1 aromatic heterocycles. The highest BCUT2D eigenvalue weighted by Crippen LogP contribution is 2.35. The number of hydrogen-bond acceptors (Lipinski definition) is 5. The molecule has 3 aliphatic rings. The Morgan fingerprint density at radius 3 is 2.91 bits per heavy atom. The molecule has 122 valence electrons. The quantitative estimate of drug-likeness (QED) is 0.871. The van der Waals surface area contributed by atoms with E-state index in [0.717, 1.165) is 12.5 Å². The van der Waals surface area contributed by atoms with Crippen LogP contribution in [0.1, 0.15) is 38.1 Å². The molecule has 3 fully saturated rings. The van der Waals surface area contributed by atoms with E-state index >= 15 is 0 Å². The molecule has 3 heterocycles. The maximum absolute atomic E-state index is 10.8. The molecule has 1 saturated carbocycles. The normalized spacial score (nSPS) is 39.2. The molecule has 5 atom stereocenters. The van der Waals surface area contributed by atoms with Crippen LogP contribution in [0.3, 0.4) is 0 Å². The van der Waals surface area contributed by atoms with Gasteiger partial charge in [-0.3, -0.25) is 0 Å². The van der Waals surface area contributed by atoms with Gasteiger partial charge in [-0.05, 0) is 25.3 Å². The average molecular weight is 307 g/mol. The number of aliphatic hydroxyl groups is 1. The first-order chi connectivity index (χ1) is 10.8. The third-order valence-corrected chi connectivity index (χ3v) is 5.37. The first kappa shape index (κ1) is 14.6. The first-order valence-corrected chi connectivity index (χ1v) is 8.49. The van der Waals surface area contributed by atoms with Crippen LogP contribution in [0.5, 0.6) is 0 Å². The standard InChI is InChI=1S/C16H25N3O3/c20-15-13(18-8-11-4-2-1-3-5-11)12-9-21-16(22-12)14(15)19-7-6-17-10-19/h6-7,10-16,18,20H,1-5,8-9H2. The van der Waals surface area contributed by atoms with Crippen molar-refractivity contribution in [3.05, 3.63) is 18.7 Å². The fourth-order valence-corrected chi connectivity index (χ4v) is 4.11. The molecule has 5 unspecified atom stereocenters. The highest BCUT2D eigenvalue weighted by atomic mass is 16.7. The van der Waals surface area contributed by atoms with E-state index in [1.807, 2.05) is 10.8 Å².